The number of nitrogens with one attached hydrogen (secondary N) is 1. The number of phenolic OH excluding ortho intramolecular Hbond substituents is 1. The number of rotatable bonds is 3. The summed E-state index contributed by atoms with van der Waals surface area (Å²) >= 11 is 1.59. The van der Waals surface area contributed by atoms with E-state index in [4.69, 9.17) is 0 Å². The van der Waals surface area contributed by atoms with Crippen LogP contribution in [-0.2, 0) is 0 Å². The molecule has 0 radical (unpaired) electrons. The summed E-state index contributed by atoms with van der Waals surface area (Å²) < 4.78 is 13.1. The van der Waals surface area contributed by atoms with Gasteiger partial charge in [-0.25, -0.2) is 4.39 Å². The van der Waals surface area contributed by atoms with Gasteiger partial charge in [0.25, 0.3) is 5.91 Å². The molecule has 0 fully saturated rings. The van der Waals surface area contributed by atoms with Crippen LogP contribution in [0.25, 0.3) is 0 Å². The van der Waals surface area contributed by atoms with Gasteiger partial charge in [0.1, 0.15) is 11.6 Å². The van der Waals surface area contributed by atoms with Gasteiger partial charge in [-0.2, -0.15) is 0 Å². The van der Waals surface area contributed by atoms with Crippen LogP contribution < -0.4 is 5.32 Å². The fraction of sp³-hybridized carbons (Fsp3) is 0.214. The van der Waals surface area contributed by atoms with E-state index in [2.05, 4.69) is 5.32 Å². The highest BCUT2D eigenvalue weighted by Gasteiger charge is 2.16. The van der Waals surface area contributed by atoms with E-state index in [0.29, 0.717) is 0 Å². The molecule has 2 N–H and O–H groups in total. The maximum atomic E-state index is 13.1. The minimum Gasteiger partial charge on any atom is -0.507 e. The molecule has 1 heterocycles. The molecule has 1 aromatic heterocycles. The summed E-state index contributed by atoms with van der Waals surface area (Å²) in [6, 6.07) is 7.03. The molecule has 1 atom stereocenters. The van der Waals surface area contributed by atoms with Crippen molar-refractivity contribution in [2.45, 2.75) is 19.9 Å². The van der Waals surface area contributed by atoms with Gasteiger partial charge in [-0.05, 0) is 44.2 Å². The first-order chi connectivity index (χ1) is 8.97. The average Bonchev–Trinajstić information content (AvgIpc) is 2.79. The quantitative estimate of drug-likeness (QED) is 0.904. The van der Waals surface area contributed by atoms with E-state index in [1.165, 1.54) is 6.07 Å². The summed E-state index contributed by atoms with van der Waals surface area (Å²) in [6.07, 6.45) is 0. The van der Waals surface area contributed by atoms with Crippen LogP contribution in [0.3, 0.4) is 0 Å². The second kappa shape index (κ2) is 5.40. The molecule has 2 rings (SSSR count). The summed E-state index contributed by atoms with van der Waals surface area (Å²) in [6.45, 7) is 3.83. The van der Waals surface area contributed by atoms with E-state index in [9.17, 15) is 14.3 Å². The molecular weight excluding hydrogens is 265 g/mol. The molecule has 3 nitrogen and oxygen atoms in total. The van der Waals surface area contributed by atoms with Crippen LogP contribution >= 0.6 is 11.3 Å². The van der Waals surface area contributed by atoms with Gasteiger partial charge in [0.05, 0.1) is 11.6 Å². The monoisotopic (exact) mass is 279 g/mol. The van der Waals surface area contributed by atoms with E-state index in [1.807, 2.05) is 26.0 Å². The van der Waals surface area contributed by atoms with Crippen LogP contribution in [-0.4, -0.2) is 11.0 Å². The third kappa shape index (κ3) is 3.12. The van der Waals surface area contributed by atoms with Gasteiger partial charge in [0.2, 0.25) is 0 Å². The van der Waals surface area contributed by atoms with Gasteiger partial charge in [-0.15, -0.1) is 11.3 Å². The van der Waals surface area contributed by atoms with Crippen LogP contribution in [0.4, 0.5) is 4.39 Å². The second-order valence-electron chi connectivity index (χ2n) is 4.31. The zero-order valence-electron chi connectivity index (χ0n) is 10.6. The maximum Gasteiger partial charge on any atom is 0.255 e. The number of hydrogen-bond donors (Lipinski definition) is 2. The Hall–Kier alpha value is -1.88. The lowest BCUT2D eigenvalue weighted by molar-refractivity contribution is 0.0937. The zero-order valence-corrected chi connectivity index (χ0v) is 11.4. The largest absolute Gasteiger partial charge is 0.507 e. The molecule has 0 aliphatic carbocycles. The number of halogens is 1. The molecule has 2 aromatic rings. The van der Waals surface area contributed by atoms with Crippen LogP contribution in [0, 0.1) is 12.7 Å². The first kappa shape index (κ1) is 13.5. The number of aromatic hydroxyl groups is 1. The Morgan fingerprint density at radius 1 is 1.37 bits per heavy atom. The lowest BCUT2D eigenvalue weighted by Gasteiger charge is -2.13. The first-order valence-corrected chi connectivity index (χ1v) is 6.64. The average molecular weight is 279 g/mol. The molecular formula is C14H14FNO2S. The number of aryl methyl sites for hydroxylation is 1. The molecule has 0 aliphatic rings. The van der Waals surface area contributed by atoms with Gasteiger partial charge in [0.15, 0.2) is 0 Å². The van der Waals surface area contributed by atoms with Crippen molar-refractivity contribution in [1.82, 2.24) is 5.32 Å². The third-order valence-electron chi connectivity index (χ3n) is 2.74. The van der Waals surface area contributed by atoms with E-state index < -0.39 is 11.7 Å². The van der Waals surface area contributed by atoms with Gasteiger partial charge in [-0.3, -0.25) is 4.79 Å². The van der Waals surface area contributed by atoms with Crippen molar-refractivity contribution in [1.29, 1.82) is 0 Å². The molecule has 19 heavy (non-hydrogen) atoms. The Balaban J connectivity index is 2.15. The molecule has 100 valence electrons. The van der Waals surface area contributed by atoms with Crippen molar-refractivity contribution in [2.24, 2.45) is 0 Å². The van der Waals surface area contributed by atoms with E-state index in [0.717, 1.165) is 21.9 Å². The highest BCUT2D eigenvalue weighted by Crippen LogP contribution is 2.24. The smallest absolute Gasteiger partial charge is 0.255 e. The summed E-state index contributed by atoms with van der Waals surface area (Å²) in [5, 5.41) is 12.3. The van der Waals surface area contributed by atoms with Crippen LogP contribution in [0.15, 0.2) is 30.3 Å². The summed E-state index contributed by atoms with van der Waals surface area (Å²) in [5.74, 6) is -1.27. The van der Waals surface area contributed by atoms with Crippen molar-refractivity contribution in [2.75, 3.05) is 0 Å². The lowest BCUT2D eigenvalue weighted by Crippen LogP contribution is -2.26. The second-order valence-corrected chi connectivity index (χ2v) is 5.62. The first-order valence-electron chi connectivity index (χ1n) is 5.83. The molecule has 0 bridgehead atoms. The number of carbonyl (C=O) groups excluding carboxylic acids is 1. The van der Waals surface area contributed by atoms with Crippen molar-refractivity contribution < 1.29 is 14.3 Å². The van der Waals surface area contributed by atoms with Crippen molar-refractivity contribution in [3.05, 3.63) is 51.5 Å². The standard InChI is InChI=1S/C14H14FNO2S/c1-8-3-6-13(19-8)9(2)16-14(18)11-7-10(15)4-5-12(11)17/h3-7,9,17H,1-2H3,(H,16,18). The fourth-order valence-corrected chi connectivity index (χ4v) is 2.60. The minimum atomic E-state index is -0.553. The Bertz CT molecular complexity index is 609. The topological polar surface area (TPSA) is 49.3 Å². The van der Waals surface area contributed by atoms with E-state index in [1.54, 1.807) is 11.3 Å². The SMILES string of the molecule is Cc1ccc(C(C)NC(=O)c2cc(F)ccc2O)s1. The molecule has 0 saturated carbocycles. The number of phenols is 1. The molecule has 0 spiro atoms. The van der Waals surface area contributed by atoms with Crippen molar-refractivity contribution in [3.8, 4) is 5.75 Å². The third-order valence-corrected chi connectivity index (χ3v) is 3.92. The van der Waals surface area contributed by atoms with Gasteiger partial charge in [0, 0.05) is 9.75 Å². The fourth-order valence-electron chi connectivity index (χ4n) is 1.72. The number of carbonyl (C=O) groups is 1. The van der Waals surface area contributed by atoms with Gasteiger partial charge in [-0.1, -0.05) is 0 Å². The predicted octanol–water partition coefficient (Wildman–Crippen LogP) is 3.39. The maximum absolute atomic E-state index is 13.1. The highest BCUT2D eigenvalue weighted by molar-refractivity contribution is 7.12. The summed E-state index contributed by atoms with van der Waals surface area (Å²) in [7, 11) is 0. The predicted molar refractivity (Wildman–Crippen MR) is 73.0 cm³/mol. The van der Waals surface area contributed by atoms with E-state index >= 15 is 0 Å². The highest BCUT2D eigenvalue weighted by atomic mass is 32.1. The normalized spacial score (nSPS) is 12.2. The van der Waals surface area contributed by atoms with E-state index in [-0.39, 0.29) is 17.4 Å². The molecule has 0 saturated heterocycles. The summed E-state index contributed by atoms with van der Waals surface area (Å²) in [4.78, 5) is 14.1. The van der Waals surface area contributed by atoms with Gasteiger partial charge < -0.3 is 10.4 Å². The molecule has 5 heteroatoms. The molecule has 1 amide bonds. The molecule has 1 aromatic carbocycles. The number of amides is 1. The Morgan fingerprint density at radius 2 is 2.11 bits per heavy atom. The number of hydrogen-bond acceptors (Lipinski definition) is 3. The zero-order chi connectivity index (χ0) is 14.0. The van der Waals surface area contributed by atoms with Crippen molar-refractivity contribution in [3.63, 3.8) is 0 Å². The van der Waals surface area contributed by atoms with Crippen LogP contribution in [0.1, 0.15) is 33.1 Å². The number of benzene rings is 1. The summed E-state index contributed by atoms with van der Waals surface area (Å²) in [5.41, 5.74) is -0.0554. The molecule has 0 aliphatic heterocycles. The lowest BCUT2D eigenvalue weighted by atomic mass is 10.1. The Labute approximate surface area is 114 Å². The Morgan fingerprint density at radius 3 is 2.74 bits per heavy atom. The van der Waals surface area contributed by atoms with Crippen molar-refractivity contribution >= 4 is 17.2 Å². The van der Waals surface area contributed by atoms with Crippen LogP contribution in [0.2, 0.25) is 0 Å². The minimum absolute atomic E-state index is 0.0554. The molecule has 1 unspecified atom stereocenters. The van der Waals surface area contributed by atoms with Gasteiger partial charge >= 0.3 is 0 Å². The Kier molecular flexibility index (Phi) is 3.85. The number of thiophene rings is 1. The van der Waals surface area contributed by atoms with Crippen LogP contribution in [0.5, 0.6) is 5.75 Å².